The second-order valence-electron chi connectivity index (χ2n) is 12.3. The van der Waals surface area contributed by atoms with Gasteiger partial charge < -0.3 is 23.7 Å². The first-order valence-electron chi connectivity index (χ1n) is 16.4. The second-order valence-corrected chi connectivity index (χ2v) is 12.3. The number of nitrogens with zero attached hydrogens (tertiary/aromatic N) is 7. The molecule has 254 valence electrons. The van der Waals surface area contributed by atoms with Crippen molar-refractivity contribution >= 4 is 17.0 Å². The molecule has 2 aliphatic rings. The molecular weight excluding hydrogens is 644 g/mol. The highest BCUT2D eigenvalue weighted by atomic mass is 19.1. The molecule has 0 radical (unpaired) electrons. The minimum atomic E-state index is -1.02. The van der Waals surface area contributed by atoms with Gasteiger partial charge in [0.25, 0.3) is 0 Å². The topological polar surface area (TPSA) is 131 Å². The lowest BCUT2D eigenvalue weighted by atomic mass is 9.80. The van der Waals surface area contributed by atoms with Gasteiger partial charge in [-0.3, -0.25) is 9.69 Å². The molecule has 2 aromatic carbocycles. The van der Waals surface area contributed by atoms with Crippen molar-refractivity contribution in [3.05, 3.63) is 101 Å². The van der Waals surface area contributed by atoms with Crippen LogP contribution in [-0.2, 0) is 31.0 Å². The van der Waals surface area contributed by atoms with Crippen LogP contribution in [0.5, 0.6) is 11.6 Å². The number of nitriles is 1. The SMILES string of the molecule is CCn1cncc1Cn1c(CN2CCC(Oc3cccc(COc4ccc(C#N)cc4F)n3)CC2)nc2c(F)cc(C3C#CC3C(=O)O)cc21. The van der Waals surface area contributed by atoms with E-state index in [2.05, 4.69) is 26.7 Å². The zero-order chi connectivity index (χ0) is 34.8. The van der Waals surface area contributed by atoms with Gasteiger partial charge in [-0.05, 0) is 61.7 Å². The van der Waals surface area contributed by atoms with E-state index >= 15 is 4.39 Å². The summed E-state index contributed by atoms with van der Waals surface area (Å²) in [5.41, 5.74) is 3.09. The highest BCUT2D eigenvalue weighted by Crippen LogP contribution is 2.34. The molecule has 2 unspecified atom stereocenters. The fourth-order valence-electron chi connectivity index (χ4n) is 6.38. The van der Waals surface area contributed by atoms with E-state index in [1.165, 1.54) is 18.2 Å². The Morgan fingerprint density at radius 2 is 1.92 bits per heavy atom. The molecule has 1 N–H and O–H groups in total. The molecule has 5 aromatic rings. The number of hydrogen-bond donors (Lipinski definition) is 1. The number of aromatic nitrogens is 5. The number of rotatable bonds is 12. The molecule has 1 saturated heterocycles. The van der Waals surface area contributed by atoms with Crippen LogP contribution in [0.1, 0.15) is 54.0 Å². The van der Waals surface area contributed by atoms with Crippen LogP contribution in [0.25, 0.3) is 11.0 Å². The van der Waals surface area contributed by atoms with Gasteiger partial charge >= 0.3 is 5.97 Å². The summed E-state index contributed by atoms with van der Waals surface area (Å²) in [5, 5.41) is 18.5. The fraction of sp³-hybridized carbons (Fsp3) is 0.324. The van der Waals surface area contributed by atoms with Crippen LogP contribution in [0.2, 0.25) is 0 Å². The van der Waals surface area contributed by atoms with Gasteiger partial charge in [0.05, 0.1) is 53.9 Å². The van der Waals surface area contributed by atoms with Crippen molar-refractivity contribution in [1.29, 1.82) is 5.26 Å². The smallest absolute Gasteiger partial charge is 0.320 e. The Labute approximate surface area is 286 Å². The number of likely N-dealkylation sites (tertiary alicyclic amines) is 1. The molecule has 50 heavy (non-hydrogen) atoms. The quantitative estimate of drug-likeness (QED) is 0.176. The molecule has 1 fully saturated rings. The van der Waals surface area contributed by atoms with Crippen LogP contribution in [-0.4, -0.2) is 59.3 Å². The highest BCUT2D eigenvalue weighted by molar-refractivity contribution is 5.81. The summed E-state index contributed by atoms with van der Waals surface area (Å²) in [7, 11) is 0. The molecule has 2 atom stereocenters. The van der Waals surface area contributed by atoms with Crippen LogP contribution in [0.3, 0.4) is 0 Å². The summed E-state index contributed by atoms with van der Waals surface area (Å²) in [6.45, 7) is 5.12. The largest absolute Gasteiger partial charge is 0.484 e. The van der Waals surface area contributed by atoms with Crippen LogP contribution in [0, 0.1) is 40.7 Å². The van der Waals surface area contributed by atoms with E-state index in [9.17, 15) is 14.3 Å². The van der Waals surface area contributed by atoms with E-state index in [0.717, 1.165) is 31.1 Å². The Bertz CT molecular complexity index is 2170. The minimum Gasteiger partial charge on any atom is -0.484 e. The Balaban J connectivity index is 1.03. The van der Waals surface area contributed by atoms with Crippen molar-refractivity contribution < 1.29 is 28.2 Å². The van der Waals surface area contributed by atoms with Crippen LogP contribution in [0.15, 0.2) is 61.1 Å². The predicted molar refractivity (Wildman–Crippen MR) is 177 cm³/mol. The molecule has 1 aliphatic carbocycles. The number of fused-ring (bicyclic) bond motifs is 1. The van der Waals surface area contributed by atoms with Gasteiger partial charge in [-0.15, -0.1) is 0 Å². The molecule has 0 saturated carbocycles. The van der Waals surface area contributed by atoms with Gasteiger partial charge in [-0.2, -0.15) is 5.26 Å². The van der Waals surface area contributed by atoms with Crippen molar-refractivity contribution in [2.45, 2.75) is 58.0 Å². The summed E-state index contributed by atoms with van der Waals surface area (Å²) in [5.74, 6) is 3.17. The summed E-state index contributed by atoms with van der Waals surface area (Å²) < 4.78 is 45.7. The number of aliphatic carboxylic acids is 1. The lowest BCUT2D eigenvalue weighted by molar-refractivity contribution is -0.140. The summed E-state index contributed by atoms with van der Waals surface area (Å²) >= 11 is 0. The number of piperidine rings is 1. The van der Waals surface area contributed by atoms with Crippen molar-refractivity contribution in [2.24, 2.45) is 5.92 Å². The monoisotopic (exact) mass is 677 g/mol. The molecule has 0 bridgehead atoms. The number of ether oxygens (including phenoxy) is 2. The van der Waals surface area contributed by atoms with Gasteiger partial charge in [0.2, 0.25) is 5.88 Å². The zero-order valence-corrected chi connectivity index (χ0v) is 27.2. The molecule has 4 heterocycles. The van der Waals surface area contributed by atoms with Gasteiger partial charge in [0.15, 0.2) is 17.4 Å². The fourth-order valence-corrected chi connectivity index (χ4v) is 6.38. The number of halogens is 2. The van der Waals surface area contributed by atoms with Gasteiger partial charge in [-0.1, -0.05) is 17.9 Å². The van der Waals surface area contributed by atoms with E-state index in [0.29, 0.717) is 54.7 Å². The third-order valence-electron chi connectivity index (χ3n) is 9.13. The molecule has 11 nitrogen and oxygen atoms in total. The number of benzene rings is 2. The Morgan fingerprint density at radius 1 is 1.08 bits per heavy atom. The van der Waals surface area contributed by atoms with Crippen molar-refractivity contribution in [3.63, 3.8) is 0 Å². The number of carboxylic acids is 1. The average molecular weight is 678 g/mol. The number of imidazole rings is 2. The normalized spacial score (nSPS) is 17.5. The van der Waals surface area contributed by atoms with Crippen molar-refractivity contribution in [1.82, 2.24) is 29.0 Å². The second kappa shape index (κ2) is 14.0. The standard InChI is InChI=1S/C37H33F2N7O4/c1-2-45-22-41-18-26(45)19-46-32-16-24(28-7-8-29(28)37(47)48)15-31(39)36(32)43-34(46)20-44-12-10-27(11-13-44)50-35-5-3-4-25(42-35)21-49-33-9-6-23(17-40)14-30(33)38/h3-6,9,14-16,18,22,27-29H,2,10-13,19-21H2,1H3,(H,47,48). The zero-order valence-electron chi connectivity index (χ0n) is 27.2. The molecule has 13 heteroatoms. The molecule has 0 amide bonds. The van der Waals surface area contributed by atoms with Crippen molar-refractivity contribution in [2.75, 3.05) is 13.1 Å². The third-order valence-corrected chi connectivity index (χ3v) is 9.13. The predicted octanol–water partition coefficient (Wildman–Crippen LogP) is 5.27. The van der Waals surface area contributed by atoms with E-state index in [4.69, 9.17) is 19.7 Å². The van der Waals surface area contributed by atoms with Gasteiger partial charge in [0, 0.05) is 31.9 Å². The summed E-state index contributed by atoms with van der Waals surface area (Å²) in [6, 6.07) is 14.5. The number of pyridine rings is 1. The number of carboxylic acid groups (broad SMARTS) is 1. The van der Waals surface area contributed by atoms with Crippen LogP contribution < -0.4 is 9.47 Å². The number of hydrogen-bond acceptors (Lipinski definition) is 8. The number of aryl methyl sites for hydroxylation is 1. The van der Waals surface area contributed by atoms with E-state index < -0.39 is 29.4 Å². The Hall–Kier alpha value is -5.79. The average Bonchev–Trinajstić information content (AvgIpc) is 3.69. The maximum Gasteiger partial charge on any atom is 0.320 e. The number of carbonyl (C=O) groups is 1. The third kappa shape index (κ3) is 6.73. The van der Waals surface area contributed by atoms with E-state index in [-0.39, 0.29) is 29.5 Å². The van der Waals surface area contributed by atoms with E-state index in [1.54, 1.807) is 24.7 Å². The first kappa shape index (κ1) is 32.7. The first-order chi connectivity index (χ1) is 24.3. The molecular formula is C37H33F2N7O4. The van der Waals surface area contributed by atoms with Crippen LogP contribution >= 0.6 is 0 Å². The van der Waals surface area contributed by atoms with Gasteiger partial charge in [-0.25, -0.2) is 23.7 Å². The maximum absolute atomic E-state index is 15.6. The first-order valence-corrected chi connectivity index (χ1v) is 16.4. The molecule has 3 aromatic heterocycles. The Kier molecular flexibility index (Phi) is 9.15. The summed E-state index contributed by atoms with van der Waals surface area (Å²) in [4.78, 5) is 27.5. The highest BCUT2D eigenvalue weighted by Gasteiger charge is 2.33. The summed E-state index contributed by atoms with van der Waals surface area (Å²) in [6.07, 6.45) is 4.95. The maximum atomic E-state index is 15.6. The molecule has 7 rings (SSSR count). The minimum absolute atomic E-state index is 0.0365. The van der Waals surface area contributed by atoms with Gasteiger partial charge in [0.1, 0.15) is 30.0 Å². The van der Waals surface area contributed by atoms with Crippen molar-refractivity contribution in [3.8, 4) is 29.5 Å². The van der Waals surface area contributed by atoms with E-state index in [1.807, 2.05) is 34.3 Å². The Morgan fingerprint density at radius 3 is 2.64 bits per heavy atom. The lowest BCUT2D eigenvalue weighted by Gasteiger charge is -2.31. The molecule has 0 spiro atoms. The lowest BCUT2D eigenvalue weighted by Crippen LogP contribution is -2.38. The van der Waals surface area contributed by atoms with Crippen LogP contribution in [0.4, 0.5) is 8.78 Å². The molecule has 1 aliphatic heterocycles.